The molecule has 2 saturated heterocycles. The zero-order chi connectivity index (χ0) is 64.5. The molecule has 26 heteroatoms. The van der Waals surface area contributed by atoms with Crippen molar-refractivity contribution in [2.75, 3.05) is 13.1 Å². The standard InChI is InChI=1S/C58H100N12O14/c1-18-34(10)44(51(79)68-58(16,17)55(84)70-24-20-22-42(70)50(78)63-40(52(80)81)28-33(8)9)65-47(75)37(26-31(4)5)62-49(77)41-21-19-23-69(41)54(83)57(14,15)67-48(76)38(27-32(6)7)61-45(73)36(25-30(2)3)60-46(74)39(29-43(59)72)64-53(82)56(12,13)66-35(11)71/h30-34,36-42,44H,18-29H2,1-17H3,(H2,59,72)(H,60,74)(H,61,73)(H,62,77)(H,63,78)(H,64,82)(H,65,75)(H,66,71)(H,67,76)(H,68,79)(H,80,81)/t34-,36-,37-,38-,39-,40-,41-,42-,44-/m0/s1. The van der Waals surface area contributed by atoms with Crippen molar-refractivity contribution in [3.05, 3.63) is 0 Å². The normalized spacial score (nSPS) is 18.1. The van der Waals surface area contributed by atoms with Gasteiger partial charge in [0.25, 0.3) is 0 Å². The van der Waals surface area contributed by atoms with Gasteiger partial charge in [-0.05, 0) is 122 Å². The summed E-state index contributed by atoms with van der Waals surface area (Å²) in [6.45, 7) is 28.2. The maximum Gasteiger partial charge on any atom is 0.326 e. The van der Waals surface area contributed by atoms with Gasteiger partial charge in [-0.15, -0.1) is 0 Å². The number of carboxylic acids is 1. The molecule has 0 aromatic carbocycles. The quantitative estimate of drug-likeness (QED) is 0.0444. The molecule has 12 N–H and O–H groups in total. The summed E-state index contributed by atoms with van der Waals surface area (Å²) in [6.07, 6.45) is 1.60. The van der Waals surface area contributed by atoms with Gasteiger partial charge in [-0.1, -0.05) is 75.7 Å². The molecule has 2 heterocycles. The van der Waals surface area contributed by atoms with Crippen LogP contribution in [0.1, 0.15) is 182 Å². The van der Waals surface area contributed by atoms with Gasteiger partial charge in [0.2, 0.25) is 70.9 Å². The monoisotopic (exact) mass is 1190 g/mol. The van der Waals surface area contributed by atoms with Crippen LogP contribution in [0.15, 0.2) is 0 Å². The van der Waals surface area contributed by atoms with Crippen LogP contribution in [-0.4, -0.2) is 170 Å². The Morgan fingerprint density at radius 3 is 1.25 bits per heavy atom. The summed E-state index contributed by atoms with van der Waals surface area (Å²) in [5.74, 6) is -10.8. The first-order valence-corrected chi connectivity index (χ1v) is 29.5. The van der Waals surface area contributed by atoms with Gasteiger partial charge in [-0.2, -0.15) is 0 Å². The van der Waals surface area contributed by atoms with Crippen molar-refractivity contribution in [2.24, 2.45) is 35.3 Å². The SMILES string of the molecule is CC[C@H](C)[C@H](NC(=O)[C@H](CC(C)C)NC(=O)[C@@H]1CCCN1C(=O)C(C)(C)NC(=O)[C@H](CC(C)C)NC(=O)[C@H](CC(C)C)NC(=O)[C@H](CC(N)=O)NC(=O)C(C)(C)NC(C)=O)C(=O)NC(C)(C)C(=O)N1CCC[C@H]1C(=O)N[C@@H](CC(C)C)C(=O)O. The van der Waals surface area contributed by atoms with Gasteiger partial charge < -0.3 is 68.5 Å². The number of hydrogen-bond donors (Lipinski definition) is 11. The predicted molar refractivity (Wildman–Crippen MR) is 312 cm³/mol. The molecule has 0 unspecified atom stereocenters. The number of carboxylic acid groups (broad SMARTS) is 1. The number of likely N-dealkylation sites (tertiary alicyclic amines) is 2. The molecule has 2 aliphatic rings. The number of hydrogen-bond acceptors (Lipinski definition) is 13. The van der Waals surface area contributed by atoms with Crippen LogP contribution in [0.5, 0.6) is 0 Å². The first kappa shape index (κ1) is 73.2. The Labute approximate surface area is 495 Å². The minimum absolute atomic E-state index is 0.0284. The van der Waals surface area contributed by atoms with Crippen LogP contribution in [0.25, 0.3) is 0 Å². The van der Waals surface area contributed by atoms with Crippen molar-refractivity contribution in [1.82, 2.24) is 57.7 Å². The Balaban J connectivity index is 2.32. The second kappa shape index (κ2) is 31.8. The van der Waals surface area contributed by atoms with E-state index in [1.54, 1.807) is 20.8 Å². The van der Waals surface area contributed by atoms with Crippen LogP contribution in [0.3, 0.4) is 0 Å². The molecule has 0 aromatic rings. The molecule has 2 aliphatic heterocycles. The summed E-state index contributed by atoms with van der Waals surface area (Å²) in [4.78, 5) is 179. The van der Waals surface area contributed by atoms with Gasteiger partial charge in [0.05, 0.1) is 6.42 Å². The van der Waals surface area contributed by atoms with Gasteiger partial charge in [-0.25, -0.2) is 4.79 Å². The summed E-state index contributed by atoms with van der Waals surface area (Å²) >= 11 is 0. The highest BCUT2D eigenvalue weighted by molar-refractivity contribution is 6.01. The van der Waals surface area contributed by atoms with E-state index in [2.05, 4.69) is 47.9 Å². The Kier molecular flexibility index (Phi) is 27.8. The molecule has 0 radical (unpaired) electrons. The summed E-state index contributed by atoms with van der Waals surface area (Å²) in [5.41, 5.74) is 0.671. The highest BCUT2D eigenvalue weighted by atomic mass is 16.4. The smallest absolute Gasteiger partial charge is 0.326 e. The summed E-state index contributed by atoms with van der Waals surface area (Å²) < 4.78 is 0. The van der Waals surface area contributed by atoms with Crippen LogP contribution in [-0.2, 0) is 62.3 Å². The number of nitrogens with two attached hydrogens (primary N) is 1. The molecule has 12 amide bonds. The average molecular weight is 1190 g/mol. The number of primary amides is 1. The average Bonchev–Trinajstić information content (AvgIpc) is 3.29. The number of nitrogens with one attached hydrogen (secondary N) is 9. The van der Waals surface area contributed by atoms with E-state index < -0.39 is 154 Å². The fourth-order valence-electron chi connectivity index (χ4n) is 10.3. The van der Waals surface area contributed by atoms with Gasteiger partial charge in [-0.3, -0.25) is 57.5 Å². The third-order valence-electron chi connectivity index (χ3n) is 14.8. The lowest BCUT2D eigenvalue weighted by Crippen LogP contribution is -2.64. The molecule has 2 fully saturated rings. The van der Waals surface area contributed by atoms with Crippen molar-refractivity contribution in [2.45, 2.75) is 247 Å². The number of nitrogens with zero attached hydrogens (tertiary/aromatic N) is 2. The molecule has 0 bridgehead atoms. The molecule has 0 aromatic heterocycles. The topological polar surface area (TPSA) is 383 Å². The lowest BCUT2D eigenvalue weighted by Gasteiger charge is -2.36. The zero-order valence-electron chi connectivity index (χ0n) is 52.7. The van der Waals surface area contributed by atoms with Crippen molar-refractivity contribution in [1.29, 1.82) is 0 Å². The van der Waals surface area contributed by atoms with Crippen LogP contribution >= 0.6 is 0 Å². The van der Waals surface area contributed by atoms with E-state index in [9.17, 15) is 67.4 Å². The van der Waals surface area contributed by atoms with Gasteiger partial charge in [0.15, 0.2) is 0 Å². The molecular formula is C58H100N12O14. The summed E-state index contributed by atoms with van der Waals surface area (Å²) in [6, 6.07) is -9.66. The molecule has 9 atom stereocenters. The van der Waals surface area contributed by atoms with Gasteiger partial charge in [0.1, 0.15) is 65.0 Å². The predicted octanol–water partition coefficient (Wildman–Crippen LogP) is 0.772. The highest BCUT2D eigenvalue weighted by Gasteiger charge is 2.46. The van der Waals surface area contributed by atoms with Crippen molar-refractivity contribution in [3.63, 3.8) is 0 Å². The third-order valence-corrected chi connectivity index (χ3v) is 14.8. The Morgan fingerprint density at radius 2 is 0.857 bits per heavy atom. The van der Waals surface area contributed by atoms with Crippen LogP contribution < -0.4 is 53.6 Å². The van der Waals surface area contributed by atoms with Crippen LogP contribution in [0.4, 0.5) is 0 Å². The fraction of sp³-hybridized carbons (Fsp3) is 0.776. The maximum atomic E-state index is 14.5. The largest absolute Gasteiger partial charge is 0.480 e. The highest BCUT2D eigenvalue weighted by Crippen LogP contribution is 2.25. The lowest BCUT2D eigenvalue weighted by atomic mass is 9.94. The number of amides is 12. The molecule has 476 valence electrons. The van der Waals surface area contributed by atoms with Crippen molar-refractivity contribution >= 4 is 76.9 Å². The van der Waals surface area contributed by atoms with E-state index in [0.29, 0.717) is 19.3 Å². The summed E-state index contributed by atoms with van der Waals surface area (Å²) in [5, 5.41) is 33.7. The Bertz CT molecular complexity index is 2410. The van der Waals surface area contributed by atoms with E-state index in [4.69, 9.17) is 5.73 Å². The Hall–Kier alpha value is -6.89. The Morgan fingerprint density at radius 1 is 0.488 bits per heavy atom. The number of carbonyl (C=O) groups is 13. The number of carbonyl (C=O) groups excluding carboxylic acids is 12. The fourth-order valence-corrected chi connectivity index (χ4v) is 10.3. The van der Waals surface area contributed by atoms with Gasteiger partial charge in [0, 0.05) is 20.0 Å². The van der Waals surface area contributed by atoms with E-state index in [-0.39, 0.29) is 75.3 Å². The molecule has 0 spiro atoms. The van der Waals surface area contributed by atoms with E-state index in [1.165, 1.54) is 58.3 Å². The number of rotatable bonds is 32. The molecule has 26 nitrogen and oxygen atoms in total. The van der Waals surface area contributed by atoms with E-state index >= 15 is 0 Å². The molecular weight excluding hydrogens is 1090 g/mol. The molecule has 84 heavy (non-hydrogen) atoms. The van der Waals surface area contributed by atoms with E-state index in [1.807, 2.05) is 48.5 Å². The van der Waals surface area contributed by atoms with E-state index in [0.717, 1.165) is 0 Å². The first-order chi connectivity index (χ1) is 38.6. The molecule has 0 aliphatic carbocycles. The molecule has 0 saturated carbocycles. The van der Waals surface area contributed by atoms with Crippen LogP contribution in [0.2, 0.25) is 0 Å². The zero-order valence-corrected chi connectivity index (χ0v) is 52.7. The minimum Gasteiger partial charge on any atom is -0.480 e. The van der Waals surface area contributed by atoms with Crippen LogP contribution in [0, 0.1) is 29.6 Å². The maximum absolute atomic E-state index is 14.5. The second-order valence-electron chi connectivity index (χ2n) is 26.0. The van der Waals surface area contributed by atoms with Crippen molar-refractivity contribution in [3.8, 4) is 0 Å². The third kappa shape index (κ3) is 22.3. The summed E-state index contributed by atoms with van der Waals surface area (Å²) in [7, 11) is 0. The molecule has 2 rings (SSSR count). The second-order valence-corrected chi connectivity index (χ2v) is 26.0. The first-order valence-electron chi connectivity index (χ1n) is 29.5. The number of aliphatic carboxylic acids is 1. The lowest BCUT2D eigenvalue weighted by molar-refractivity contribution is -0.147. The van der Waals surface area contributed by atoms with Gasteiger partial charge >= 0.3 is 5.97 Å². The van der Waals surface area contributed by atoms with Crippen molar-refractivity contribution < 1.29 is 67.4 Å². The minimum atomic E-state index is -1.67.